The van der Waals surface area contributed by atoms with E-state index in [1.807, 2.05) is 0 Å². The fourth-order valence-corrected chi connectivity index (χ4v) is 1.31. The largest absolute Gasteiger partial charge is 0.313 e. The summed E-state index contributed by atoms with van der Waals surface area (Å²) in [4.78, 5) is 0. The summed E-state index contributed by atoms with van der Waals surface area (Å²) in [6, 6.07) is 0. The summed E-state index contributed by atoms with van der Waals surface area (Å²) in [5.74, 6) is 0.740. The van der Waals surface area contributed by atoms with E-state index in [-0.39, 0.29) is 0 Å². The molecule has 1 nitrogen and oxygen atoms in total. The third kappa shape index (κ3) is 11.4. The standard InChI is InChI=1S/C14H27N/c1-12(2)7-6-8-14(5)9-10-15-11-13(3)4/h7,9,13,15H,6,8,10-11H2,1-5H3. The van der Waals surface area contributed by atoms with E-state index in [0.717, 1.165) is 19.0 Å². The van der Waals surface area contributed by atoms with Gasteiger partial charge in [-0.05, 0) is 46.1 Å². The van der Waals surface area contributed by atoms with Gasteiger partial charge in [0.1, 0.15) is 0 Å². The zero-order valence-electron chi connectivity index (χ0n) is 11.1. The maximum Gasteiger partial charge on any atom is 0.0137 e. The van der Waals surface area contributed by atoms with Crippen molar-refractivity contribution in [3.8, 4) is 0 Å². The van der Waals surface area contributed by atoms with E-state index in [1.165, 1.54) is 24.0 Å². The molecule has 0 aromatic heterocycles. The normalized spacial score (nSPS) is 12.0. The molecule has 0 aromatic rings. The molecule has 88 valence electrons. The molecule has 0 saturated heterocycles. The van der Waals surface area contributed by atoms with Gasteiger partial charge in [-0.3, -0.25) is 0 Å². The second kappa shape index (κ2) is 8.72. The molecule has 1 N–H and O–H groups in total. The van der Waals surface area contributed by atoms with Crippen LogP contribution < -0.4 is 5.32 Å². The van der Waals surface area contributed by atoms with Gasteiger partial charge in [0.05, 0.1) is 0 Å². The highest BCUT2D eigenvalue weighted by Gasteiger charge is 1.91. The molecule has 0 rings (SSSR count). The van der Waals surface area contributed by atoms with Crippen molar-refractivity contribution in [2.45, 2.75) is 47.5 Å². The highest BCUT2D eigenvalue weighted by Crippen LogP contribution is 2.05. The molecule has 0 saturated carbocycles. The summed E-state index contributed by atoms with van der Waals surface area (Å²) in [6.45, 7) is 13.1. The Morgan fingerprint density at radius 1 is 1.13 bits per heavy atom. The van der Waals surface area contributed by atoms with Crippen LogP contribution in [0.1, 0.15) is 47.5 Å². The topological polar surface area (TPSA) is 12.0 Å². The van der Waals surface area contributed by atoms with Crippen molar-refractivity contribution in [1.29, 1.82) is 0 Å². The molecule has 0 heterocycles. The Kier molecular flexibility index (Phi) is 8.40. The third-order valence-corrected chi connectivity index (χ3v) is 2.24. The van der Waals surface area contributed by atoms with Crippen LogP contribution in [0.25, 0.3) is 0 Å². The Bertz CT molecular complexity index is 207. The lowest BCUT2D eigenvalue weighted by molar-refractivity contribution is 0.576. The van der Waals surface area contributed by atoms with Crippen LogP contribution in [0.2, 0.25) is 0 Å². The Morgan fingerprint density at radius 2 is 1.80 bits per heavy atom. The van der Waals surface area contributed by atoms with Gasteiger partial charge < -0.3 is 5.32 Å². The molecule has 15 heavy (non-hydrogen) atoms. The maximum absolute atomic E-state index is 3.42. The smallest absolute Gasteiger partial charge is 0.0137 e. The van der Waals surface area contributed by atoms with Gasteiger partial charge in [-0.2, -0.15) is 0 Å². The minimum absolute atomic E-state index is 0.740. The average molecular weight is 209 g/mol. The summed E-state index contributed by atoms with van der Waals surface area (Å²) in [7, 11) is 0. The van der Waals surface area contributed by atoms with Crippen molar-refractivity contribution in [2.75, 3.05) is 13.1 Å². The minimum Gasteiger partial charge on any atom is -0.313 e. The van der Waals surface area contributed by atoms with E-state index in [1.54, 1.807) is 0 Å². The van der Waals surface area contributed by atoms with Gasteiger partial charge in [-0.15, -0.1) is 0 Å². The van der Waals surface area contributed by atoms with Crippen LogP contribution in [-0.2, 0) is 0 Å². The first-order valence-electron chi connectivity index (χ1n) is 6.02. The Labute approximate surface area is 95.7 Å². The predicted molar refractivity (Wildman–Crippen MR) is 70.1 cm³/mol. The molecule has 0 unspecified atom stereocenters. The summed E-state index contributed by atoms with van der Waals surface area (Å²) >= 11 is 0. The molecule has 0 aromatic carbocycles. The van der Waals surface area contributed by atoms with Crippen LogP contribution in [0.5, 0.6) is 0 Å². The molecule has 0 aliphatic heterocycles. The first-order valence-corrected chi connectivity index (χ1v) is 6.02. The molecule has 0 aliphatic carbocycles. The van der Waals surface area contributed by atoms with Crippen LogP contribution in [0.4, 0.5) is 0 Å². The van der Waals surface area contributed by atoms with E-state index in [2.05, 4.69) is 52.1 Å². The van der Waals surface area contributed by atoms with Crippen molar-refractivity contribution in [1.82, 2.24) is 5.32 Å². The zero-order valence-corrected chi connectivity index (χ0v) is 11.1. The highest BCUT2D eigenvalue weighted by atomic mass is 14.8. The van der Waals surface area contributed by atoms with Crippen LogP contribution in [0.15, 0.2) is 23.3 Å². The number of hydrogen-bond donors (Lipinski definition) is 1. The van der Waals surface area contributed by atoms with Gasteiger partial charge in [0.2, 0.25) is 0 Å². The van der Waals surface area contributed by atoms with Crippen LogP contribution >= 0.6 is 0 Å². The van der Waals surface area contributed by atoms with E-state index in [4.69, 9.17) is 0 Å². The summed E-state index contributed by atoms with van der Waals surface area (Å²) in [5.41, 5.74) is 2.91. The van der Waals surface area contributed by atoms with Gasteiger partial charge in [0.15, 0.2) is 0 Å². The minimum atomic E-state index is 0.740. The predicted octanol–water partition coefficient (Wildman–Crippen LogP) is 3.92. The summed E-state index contributed by atoms with van der Waals surface area (Å²) in [5, 5.41) is 3.42. The average Bonchev–Trinajstić information content (AvgIpc) is 2.11. The summed E-state index contributed by atoms with van der Waals surface area (Å²) < 4.78 is 0. The second-order valence-electron chi connectivity index (χ2n) is 4.92. The van der Waals surface area contributed by atoms with Gasteiger partial charge in [0, 0.05) is 6.54 Å². The fraction of sp³-hybridized carbons (Fsp3) is 0.714. The van der Waals surface area contributed by atoms with Crippen molar-refractivity contribution in [3.05, 3.63) is 23.3 Å². The Balaban J connectivity index is 3.57. The number of nitrogens with one attached hydrogen (secondary N) is 1. The van der Waals surface area contributed by atoms with E-state index < -0.39 is 0 Å². The van der Waals surface area contributed by atoms with Crippen molar-refractivity contribution >= 4 is 0 Å². The third-order valence-electron chi connectivity index (χ3n) is 2.24. The first-order chi connectivity index (χ1) is 7.02. The zero-order chi connectivity index (χ0) is 11.7. The number of allylic oxidation sites excluding steroid dienone is 3. The molecule has 0 bridgehead atoms. The molecule has 0 radical (unpaired) electrons. The van der Waals surface area contributed by atoms with Crippen molar-refractivity contribution in [3.63, 3.8) is 0 Å². The monoisotopic (exact) mass is 209 g/mol. The number of rotatable bonds is 7. The molecule has 0 amide bonds. The molecule has 0 aliphatic rings. The van der Waals surface area contributed by atoms with Gasteiger partial charge in [0.25, 0.3) is 0 Å². The molecule has 0 fully saturated rings. The lowest BCUT2D eigenvalue weighted by atomic mass is 10.1. The molecule has 1 heteroatoms. The van der Waals surface area contributed by atoms with Gasteiger partial charge >= 0.3 is 0 Å². The lowest BCUT2D eigenvalue weighted by Crippen LogP contribution is -2.19. The second-order valence-corrected chi connectivity index (χ2v) is 4.92. The quantitative estimate of drug-likeness (QED) is 0.495. The van der Waals surface area contributed by atoms with Crippen LogP contribution in [-0.4, -0.2) is 13.1 Å². The Hall–Kier alpha value is -0.560. The van der Waals surface area contributed by atoms with E-state index >= 15 is 0 Å². The first kappa shape index (κ1) is 14.4. The number of hydrogen-bond acceptors (Lipinski definition) is 1. The van der Waals surface area contributed by atoms with Crippen molar-refractivity contribution < 1.29 is 0 Å². The van der Waals surface area contributed by atoms with Gasteiger partial charge in [-0.1, -0.05) is 37.1 Å². The summed E-state index contributed by atoms with van der Waals surface area (Å²) in [6.07, 6.45) is 6.98. The molecule has 0 spiro atoms. The van der Waals surface area contributed by atoms with Gasteiger partial charge in [-0.25, -0.2) is 0 Å². The SMILES string of the molecule is CC(C)=CCCC(C)=CCNCC(C)C. The van der Waals surface area contributed by atoms with E-state index in [9.17, 15) is 0 Å². The van der Waals surface area contributed by atoms with E-state index in [0.29, 0.717) is 0 Å². The highest BCUT2D eigenvalue weighted by molar-refractivity contribution is 5.02. The van der Waals surface area contributed by atoms with Crippen LogP contribution in [0, 0.1) is 5.92 Å². The molecule has 0 atom stereocenters. The maximum atomic E-state index is 3.42. The lowest BCUT2D eigenvalue weighted by Gasteiger charge is -2.05. The van der Waals surface area contributed by atoms with Crippen LogP contribution in [0.3, 0.4) is 0 Å². The Morgan fingerprint density at radius 3 is 2.33 bits per heavy atom. The van der Waals surface area contributed by atoms with Crippen molar-refractivity contribution in [2.24, 2.45) is 5.92 Å². The fourth-order valence-electron chi connectivity index (χ4n) is 1.31. The molecular formula is C14H27N. The molecular weight excluding hydrogens is 182 g/mol.